The molecule has 8 heteroatoms. The van der Waals surface area contributed by atoms with Gasteiger partial charge in [-0.25, -0.2) is 8.42 Å². The molecule has 1 aliphatic heterocycles. The Morgan fingerprint density at radius 3 is 2.48 bits per heavy atom. The molecule has 0 saturated carbocycles. The van der Waals surface area contributed by atoms with Crippen LogP contribution in [-0.4, -0.2) is 52.0 Å². The molecule has 0 bridgehead atoms. The molecule has 3 rings (SSSR count). The number of ether oxygens (including phenoxy) is 2. The molecule has 0 radical (unpaired) electrons. The van der Waals surface area contributed by atoms with Gasteiger partial charge in [0, 0.05) is 13.1 Å². The number of carbonyl (C=O) groups excluding carboxylic acids is 1. The summed E-state index contributed by atoms with van der Waals surface area (Å²) in [6.45, 7) is 3.29. The zero-order valence-electron chi connectivity index (χ0n) is 16.6. The molecule has 1 atom stereocenters. The van der Waals surface area contributed by atoms with Crippen molar-refractivity contribution in [3.05, 3.63) is 59.7 Å². The standard InChI is InChI=1S/C21H26N2O5S/c1-3-19(16-7-5-4-6-8-16)22-21(24)18-15-17(9-10-20(18)27-2)29(25,26)23-11-13-28-14-12-23/h4-10,15,19H,3,11-14H2,1-2H3,(H,22,24)/t19-/m1/s1. The van der Waals surface area contributed by atoms with Gasteiger partial charge in [0.05, 0.1) is 36.8 Å². The molecular formula is C21H26N2O5S. The van der Waals surface area contributed by atoms with Crippen LogP contribution < -0.4 is 10.1 Å². The van der Waals surface area contributed by atoms with Crippen molar-refractivity contribution in [2.45, 2.75) is 24.3 Å². The summed E-state index contributed by atoms with van der Waals surface area (Å²) in [5.74, 6) is -0.0528. The number of nitrogens with one attached hydrogen (secondary N) is 1. The highest BCUT2D eigenvalue weighted by Gasteiger charge is 2.28. The Balaban J connectivity index is 1.89. The van der Waals surface area contributed by atoms with Gasteiger partial charge in [-0.05, 0) is 30.2 Å². The van der Waals surface area contributed by atoms with Gasteiger partial charge in [0.25, 0.3) is 5.91 Å². The lowest BCUT2D eigenvalue weighted by molar-refractivity contribution is 0.0730. The van der Waals surface area contributed by atoms with Crippen molar-refractivity contribution in [3.8, 4) is 5.75 Å². The van der Waals surface area contributed by atoms with Crippen LogP contribution in [0.3, 0.4) is 0 Å². The van der Waals surface area contributed by atoms with E-state index in [2.05, 4.69) is 5.32 Å². The maximum atomic E-state index is 13.0. The number of benzene rings is 2. The Morgan fingerprint density at radius 2 is 1.86 bits per heavy atom. The maximum Gasteiger partial charge on any atom is 0.255 e. The molecule has 156 valence electrons. The summed E-state index contributed by atoms with van der Waals surface area (Å²) in [6.07, 6.45) is 0.698. The van der Waals surface area contributed by atoms with Gasteiger partial charge in [-0.15, -0.1) is 0 Å². The van der Waals surface area contributed by atoms with Crippen molar-refractivity contribution in [2.24, 2.45) is 0 Å². The molecule has 1 aliphatic rings. The van der Waals surface area contributed by atoms with E-state index in [1.54, 1.807) is 0 Å². The van der Waals surface area contributed by atoms with E-state index >= 15 is 0 Å². The highest BCUT2D eigenvalue weighted by molar-refractivity contribution is 7.89. The summed E-state index contributed by atoms with van der Waals surface area (Å²) in [5, 5.41) is 2.98. The Morgan fingerprint density at radius 1 is 1.17 bits per heavy atom. The van der Waals surface area contributed by atoms with Gasteiger partial charge >= 0.3 is 0 Å². The Hall–Kier alpha value is -2.42. The number of nitrogens with zero attached hydrogens (tertiary/aromatic N) is 1. The van der Waals surface area contributed by atoms with Crippen molar-refractivity contribution >= 4 is 15.9 Å². The number of rotatable bonds is 7. The topological polar surface area (TPSA) is 84.9 Å². The molecule has 7 nitrogen and oxygen atoms in total. The summed E-state index contributed by atoms with van der Waals surface area (Å²) in [4.78, 5) is 13.1. The second-order valence-electron chi connectivity index (χ2n) is 6.72. The molecule has 1 saturated heterocycles. The number of methoxy groups -OCH3 is 1. The number of carbonyl (C=O) groups is 1. The molecule has 0 unspecified atom stereocenters. The second kappa shape index (κ2) is 9.39. The van der Waals surface area contributed by atoms with Crippen molar-refractivity contribution in [2.75, 3.05) is 33.4 Å². The van der Waals surface area contributed by atoms with E-state index in [0.29, 0.717) is 38.5 Å². The molecule has 0 spiro atoms. The van der Waals surface area contributed by atoms with Gasteiger partial charge in [-0.3, -0.25) is 4.79 Å². The predicted molar refractivity (Wildman–Crippen MR) is 110 cm³/mol. The lowest BCUT2D eigenvalue weighted by Gasteiger charge is -2.26. The van der Waals surface area contributed by atoms with E-state index in [9.17, 15) is 13.2 Å². The summed E-state index contributed by atoms with van der Waals surface area (Å²) in [7, 11) is -2.26. The zero-order chi connectivity index (χ0) is 20.9. The molecule has 1 N–H and O–H groups in total. The summed E-state index contributed by atoms with van der Waals surface area (Å²) < 4.78 is 37.8. The molecular weight excluding hydrogens is 392 g/mol. The van der Waals surface area contributed by atoms with E-state index in [1.807, 2.05) is 37.3 Å². The van der Waals surface area contributed by atoms with Gasteiger partial charge in [-0.2, -0.15) is 4.31 Å². The average Bonchev–Trinajstić information content (AvgIpc) is 2.78. The molecule has 1 amide bonds. The minimum Gasteiger partial charge on any atom is -0.496 e. The minimum absolute atomic E-state index is 0.0677. The number of amides is 1. The second-order valence-corrected chi connectivity index (χ2v) is 8.66. The number of hydrogen-bond donors (Lipinski definition) is 1. The van der Waals surface area contributed by atoms with E-state index in [1.165, 1.54) is 29.6 Å². The normalized spacial score (nSPS) is 16.2. The fraction of sp³-hybridized carbons (Fsp3) is 0.381. The summed E-state index contributed by atoms with van der Waals surface area (Å²) in [6, 6.07) is 13.8. The van der Waals surface area contributed by atoms with Crippen molar-refractivity contribution in [1.29, 1.82) is 0 Å². The number of hydrogen-bond acceptors (Lipinski definition) is 5. The van der Waals surface area contributed by atoms with E-state index in [-0.39, 0.29) is 22.4 Å². The molecule has 2 aromatic carbocycles. The third-order valence-corrected chi connectivity index (χ3v) is 6.83. The highest BCUT2D eigenvalue weighted by atomic mass is 32.2. The van der Waals surface area contributed by atoms with E-state index < -0.39 is 10.0 Å². The first-order valence-corrected chi connectivity index (χ1v) is 11.0. The zero-order valence-corrected chi connectivity index (χ0v) is 17.4. The summed E-state index contributed by atoms with van der Waals surface area (Å²) in [5.41, 5.74) is 1.18. The maximum absolute atomic E-state index is 13.0. The van der Waals surface area contributed by atoms with Crippen LogP contribution in [0.2, 0.25) is 0 Å². The first kappa shape index (κ1) is 21.3. The quantitative estimate of drug-likeness (QED) is 0.747. The SMILES string of the molecule is CC[C@@H](NC(=O)c1cc(S(=O)(=O)N2CCOCC2)ccc1OC)c1ccccc1. The lowest BCUT2D eigenvalue weighted by Crippen LogP contribution is -2.40. The van der Waals surface area contributed by atoms with Crippen LogP contribution in [0, 0.1) is 0 Å². The van der Waals surface area contributed by atoms with Crippen molar-refractivity contribution in [1.82, 2.24) is 9.62 Å². The largest absolute Gasteiger partial charge is 0.496 e. The third-order valence-electron chi connectivity index (χ3n) is 4.94. The third kappa shape index (κ3) is 4.77. The minimum atomic E-state index is -3.71. The Kier molecular flexibility index (Phi) is 6.89. The molecule has 29 heavy (non-hydrogen) atoms. The highest BCUT2D eigenvalue weighted by Crippen LogP contribution is 2.26. The Bertz CT molecular complexity index is 941. The van der Waals surface area contributed by atoms with Gasteiger partial charge < -0.3 is 14.8 Å². The number of sulfonamides is 1. The van der Waals surface area contributed by atoms with Gasteiger partial charge in [-0.1, -0.05) is 37.3 Å². The predicted octanol–water partition coefficient (Wildman–Crippen LogP) is 2.60. The van der Waals surface area contributed by atoms with Crippen LogP contribution in [0.5, 0.6) is 5.75 Å². The van der Waals surface area contributed by atoms with Crippen LogP contribution in [0.1, 0.15) is 35.3 Å². The van der Waals surface area contributed by atoms with Crippen LogP contribution in [0.25, 0.3) is 0 Å². The van der Waals surface area contributed by atoms with Crippen LogP contribution >= 0.6 is 0 Å². The fourth-order valence-corrected chi connectivity index (χ4v) is 4.74. The van der Waals surface area contributed by atoms with Gasteiger partial charge in [0.15, 0.2) is 0 Å². The molecule has 0 aromatic heterocycles. The van der Waals surface area contributed by atoms with E-state index in [0.717, 1.165) is 5.56 Å². The van der Waals surface area contributed by atoms with Crippen LogP contribution in [-0.2, 0) is 14.8 Å². The smallest absolute Gasteiger partial charge is 0.255 e. The molecule has 1 heterocycles. The molecule has 0 aliphatic carbocycles. The van der Waals surface area contributed by atoms with Crippen LogP contribution in [0.4, 0.5) is 0 Å². The van der Waals surface area contributed by atoms with Crippen LogP contribution in [0.15, 0.2) is 53.4 Å². The Labute approximate surface area is 171 Å². The lowest BCUT2D eigenvalue weighted by atomic mass is 10.0. The van der Waals surface area contributed by atoms with E-state index in [4.69, 9.17) is 9.47 Å². The first-order chi connectivity index (χ1) is 14.0. The van der Waals surface area contributed by atoms with Crippen molar-refractivity contribution in [3.63, 3.8) is 0 Å². The molecule has 1 fully saturated rings. The summed E-state index contributed by atoms with van der Waals surface area (Å²) >= 11 is 0. The molecule has 2 aromatic rings. The average molecular weight is 419 g/mol. The van der Waals surface area contributed by atoms with Crippen molar-refractivity contribution < 1.29 is 22.7 Å². The van der Waals surface area contributed by atoms with Gasteiger partial charge in [0.2, 0.25) is 10.0 Å². The first-order valence-electron chi connectivity index (χ1n) is 9.59. The monoisotopic (exact) mass is 418 g/mol. The fourth-order valence-electron chi connectivity index (χ4n) is 3.30. The number of morpholine rings is 1. The van der Waals surface area contributed by atoms with Gasteiger partial charge in [0.1, 0.15) is 5.75 Å².